The van der Waals surface area contributed by atoms with Crippen molar-refractivity contribution in [2.75, 3.05) is 0 Å². The number of hydrogen-bond donors (Lipinski definition) is 0. The molecule has 0 unspecified atom stereocenters. The van der Waals surface area contributed by atoms with E-state index in [0.29, 0.717) is 16.1 Å². The first-order valence-electron chi connectivity index (χ1n) is 4.29. The molecule has 0 aliphatic heterocycles. The lowest BCUT2D eigenvalue weighted by Gasteiger charge is -2.05. The van der Waals surface area contributed by atoms with Crippen molar-refractivity contribution in [2.45, 2.75) is 6.92 Å². The zero-order chi connectivity index (χ0) is 11.0. The van der Waals surface area contributed by atoms with Crippen molar-refractivity contribution in [1.29, 1.82) is 5.26 Å². The number of fused-ring (bicyclic) bond motifs is 1. The Morgan fingerprint density at radius 3 is 2.73 bits per heavy atom. The van der Waals surface area contributed by atoms with Gasteiger partial charge in [-0.25, -0.2) is 4.98 Å². The zero-order valence-corrected chi connectivity index (χ0v) is 9.39. The van der Waals surface area contributed by atoms with Gasteiger partial charge in [0.1, 0.15) is 11.2 Å². The molecule has 2 aromatic rings. The molecule has 0 saturated heterocycles. The third kappa shape index (κ3) is 1.65. The summed E-state index contributed by atoms with van der Waals surface area (Å²) in [5.74, 6) is 0. The minimum Gasteiger partial charge on any atom is -0.235 e. The van der Waals surface area contributed by atoms with Crippen molar-refractivity contribution in [2.24, 2.45) is 0 Å². The van der Waals surface area contributed by atoms with Crippen LogP contribution in [0.25, 0.3) is 10.9 Å². The molecular formula is C11H6Cl2N2. The number of aromatic nitrogens is 1. The molecule has 0 N–H and O–H groups in total. The van der Waals surface area contributed by atoms with Crippen molar-refractivity contribution >= 4 is 34.1 Å². The predicted octanol–water partition coefficient (Wildman–Crippen LogP) is 3.72. The standard InChI is InChI=1S/C11H6Cl2N2/c1-6-8-3-2-7(12)4-10(8)15-11(13)9(6)5-14/h2-4H,1H3. The van der Waals surface area contributed by atoms with Crippen LogP contribution in [0.3, 0.4) is 0 Å². The van der Waals surface area contributed by atoms with Gasteiger partial charge in [-0.1, -0.05) is 29.3 Å². The van der Waals surface area contributed by atoms with Gasteiger partial charge in [-0.05, 0) is 24.6 Å². The van der Waals surface area contributed by atoms with E-state index >= 15 is 0 Å². The Bertz CT molecular complexity index is 585. The molecule has 0 aliphatic carbocycles. The van der Waals surface area contributed by atoms with Gasteiger partial charge in [0.05, 0.1) is 11.1 Å². The van der Waals surface area contributed by atoms with E-state index in [4.69, 9.17) is 28.5 Å². The Labute approximate surface area is 97.1 Å². The number of aryl methyl sites for hydroxylation is 1. The van der Waals surface area contributed by atoms with Crippen LogP contribution in [-0.2, 0) is 0 Å². The normalized spacial score (nSPS) is 10.3. The molecule has 1 aromatic carbocycles. The number of pyridine rings is 1. The van der Waals surface area contributed by atoms with E-state index in [2.05, 4.69) is 4.98 Å². The molecule has 0 atom stereocenters. The monoisotopic (exact) mass is 236 g/mol. The molecule has 4 heteroatoms. The van der Waals surface area contributed by atoms with Crippen LogP contribution in [0.15, 0.2) is 18.2 Å². The van der Waals surface area contributed by atoms with E-state index in [-0.39, 0.29) is 5.15 Å². The van der Waals surface area contributed by atoms with E-state index in [9.17, 15) is 0 Å². The van der Waals surface area contributed by atoms with Crippen molar-refractivity contribution in [3.63, 3.8) is 0 Å². The average Bonchev–Trinajstić information content (AvgIpc) is 2.17. The number of benzene rings is 1. The van der Waals surface area contributed by atoms with Crippen LogP contribution in [0.4, 0.5) is 0 Å². The molecule has 0 saturated carbocycles. The minimum absolute atomic E-state index is 0.227. The Kier molecular flexibility index (Phi) is 2.52. The second-order valence-corrected chi connectivity index (χ2v) is 3.97. The maximum atomic E-state index is 8.91. The Balaban J connectivity index is 2.92. The summed E-state index contributed by atoms with van der Waals surface area (Å²) in [6.07, 6.45) is 0. The SMILES string of the molecule is Cc1c(C#N)c(Cl)nc2cc(Cl)ccc12. The second kappa shape index (κ2) is 3.69. The van der Waals surface area contributed by atoms with Crippen LogP contribution in [0, 0.1) is 18.3 Å². The van der Waals surface area contributed by atoms with Gasteiger partial charge in [-0.15, -0.1) is 0 Å². The third-order valence-corrected chi connectivity index (χ3v) is 2.78. The molecule has 0 radical (unpaired) electrons. The lowest BCUT2D eigenvalue weighted by molar-refractivity contribution is 1.32. The van der Waals surface area contributed by atoms with E-state index in [1.54, 1.807) is 12.1 Å². The van der Waals surface area contributed by atoms with Crippen molar-refractivity contribution in [3.05, 3.63) is 39.5 Å². The second-order valence-electron chi connectivity index (χ2n) is 3.18. The van der Waals surface area contributed by atoms with Crippen molar-refractivity contribution in [1.82, 2.24) is 4.98 Å². The fourth-order valence-corrected chi connectivity index (χ4v) is 1.94. The van der Waals surface area contributed by atoms with Gasteiger partial charge >= 0.3 is 0 Å². The first-order valence-corrected chi connectivity index (χ1v) is 5.04. The van der Waals surface area contributed by atoms with Gasteiger partial charge in [-0.2, -0.15) is 5.26 Å². The lowest BCUT2D eigenvalue weighted by Crippen LogP contribution is -1.91. The zero-order valence-electron chi connectivity index (χ0n) is 7.88. The summed E-state index contributed by atoms with van der Waals surface area (Å²) in [5, 5.41) is 10.6. The molecule has 0 fully saturated rings. The van der Waals surface area contributed by atoms with E-state index < -0.39 is 0 Å². The molecule has 1 heterocycles. The summed E-state index contributed by atoms with van der Waals surface area (Å²) in [6.45, 7) is 1.85. The third-order valence-electron chi connectivity index (χ3n) is 2.28. The molecule has 2 nitrogen and oxygen atoms in total. The van der Waals surface area contributed by atoms with E-state index in [1.165, 1.54) is 0 Å². The largest absolute Gasteiger partial charge is 0.235 e. The molecule has 0 amide bonds. The first-order chi connectivity index (χ1) is 7.13. The van der Waals surface area contributed by atoms with Crippen molar-refractivity contribution < 1.29 is 0 Å². The highest BCUT2D eigenvalue weighted by Crippen LogP contribution is 2.26. The number of hydrogen-bond acceptors (Lipinski definition) is 2. The molecular weight excluding hydrogens is 231 g/mol. The van der Waals surface area contributed by atoms with Crippen LogP contribution < -0.4 is 0 Å². The van der Waals surface area contributed by atoms with Crippen LogP contribution >= 0.6 is 23.2 Å². The fraction of sp³-hybridized carbons (Fsp3) is 0.0909. The number of nitrogens with zero attached hydrogens (tertiary/aromatic N) is 2. The summed E-state index contributed by atoms with van der Waals surface area (Å²) in [5.41, 5.74) is 1.97. The van der Waals surface area contributed by atoms with Crippen LogP contribution in [0.2, 0.25) is 10.2 Å². The molecule has 0 bridgehead atoms. The quantitative estimate of drug-likeness (QED) is 0.654. The molecule has 0 spiro atoms. The fourth-order valence-electron chi connectivity index (χ4n) is 1.50. The van der Waals surface area contributed by atoms with Crippen LogP contribution in [0.5, 0.6) is 0 Å². The molecule has 0 aliphatic rings. The molecule has 1 aromatic heterocycles. The summed E-state index contributed by atoms with van der Waals surface area (Å²) < 4.78 is 0. The maximum absolute atomic E-state index is 8.91. The van der Waals surface area contributed by atoms with E-state index in [0.717, 1.165) is 10.9 Å². The van der Waals surface area contributed by atoms with Gasteiger partial charge < -0.3 is 0 Å². The Morgan fingerprint density at radius 1 is 1.33 bits per heavy atom. The van der Waals surface area contributed by atoms with Gasteiger partial charge in [0.15, 0.2) is 0 Å². The summed E-state index contributed by atoms with van der Waals surface area (Å²) >= 11 is 11.7. The summed E-state index contributed by atoms with van der Waals surface area (Å²) in [7, 11) is 0. The van der Waals surface area contributed by atoms with Crippen LogP contribution in [-0.4, -0.2) is 4.98 Å². The minimum atomic E-state index is 0.227. The van der Waals surface area contributed by atoms with Crippen molar-refractivity contribution in [3.8, 4) is 6.07 Å². The predicted molar refractivity (Wildman–Crippen MR) is 61.2 cm³/mol. The number of nitriles is 1. The first kappa shape index (κ1) is 10.2. The van der Waals surface area contributed by atoms with Gasteiger partial charge in [-0.3, -0.25) is 0 Å². The average molecular weight is 237 g/mol. The highest BCUT2D eigenvalue weighted by Gasteiger charge is 2.09. The Morgan fingerprint density at radius 2 is 2.07 bits per heavy atom. The topological polar surface area (TPSA) is 36.7 Å². The number of halogens is 2. The summed E-state index contributed by atoms with van der Waals surface area (Å²) in [6, 6.07) is 7.39. The highest BCUT2D eigenvalue weighted by molar-refractivity contribution is 6.32. The summed E-state index contributed by atoms with van der Waals surface area (Å²) in [4.78, 5) is 4.13. The Hall–Kier alpha value is -1.30. The molecule has 74 valence electrons. The van der Waals surface area contributed by atoms with E-state index in [1.807, 2.05) is 19.1 Å². The van der Waals surface area contributed by atoms with Crippen LogP contribution in [0.1, 0.15) is 11.1 Å². The molecule has 15 heavy (non-hydrogen) atoms. The van der Waals surface area contributed by atoms with Gasteiger partial charge in [0, 0.05) is 10.4 Å². The highest BCUT2D eigenvalue weighted by atomic mass is 35.5. The number of rotatable bonds is 0. The smallest absolute Gasteiger partial charge is 0.147 e. The maximum Gasteiger partial charge on any atom is 0.147 e. The van der Waals surface area contributed by atoms with Gasteiger partial charge in [0.25, 0.3) is 0 Å². The van der Waals surface area contributed by atoms with Gasteiger partial charge in [0.2, 0.25) is 0 Å². The molecule has 2 rings (SSSR count). The lowest BCUT2D eigenvalue weighted by atomic mass is 10.1.